The van der Waals surface area contributed by atoms with Crippen LogP contribution in [-0.4, -0.2) is 82.0 Å². The van der Waals surface area contributed by atoms with Gasteiger partial charge in [-0.05, 0) is 20.8 Å². The first-order valence-electron chi connectivity index (χ1n) is 11.1. The first kappa shape index (κ1) is 23.0. The molecule has 11 heteroatoms. The van der Waals surface area contributed by atoms with Crippen molar-refractivity contribution in [3.63, 3.8) is 0 Å². The van der Waals surface area contributed by atoms with Gasteiger partial charge >= 0.3 is 6.09 Å². The van der Waals surface area contributed by atoms with Gasteiger partial charge in [0.15, 0.2) is 0 Å². The van der Waals surface area contributed by atoms with Crippen LogP contribution in [0.3, 0.4) is 0 Å². The van der Waals surface area contributed by atoms with Crippen molar-refractivity contribution in [3.8, 4) is 17.1 Å². The molecule has 2 aromatic heterocycles. The minimum Gasteiger partial charge on any atom is -0.474 e. The zero-order chi connectivity index (χ0) is 23.6. The summed E-state index contributed by atoms with van der Waals surface area (Å²) < 4.78 is 17.1. The highest BCUT2D eigenvalue weighted by Gasteiger charge is 2.37. The van der Waals surface area contributed by atoms with Gasteiger partial charge in [0.05, 0.1) is 18.9 Å². The number of anilines is 2. The predicted molar refractivity (Wildman–Crippen MR) is 122 cm³/mol. The Morgan fingerprint density at radius 1 is 1.18 bits per heavy atom. The zero-order valence-corrected chi connectivity index (χ0v) is 19.5. The first-order chi connectivity index (χ1) is 15.7. The van der Waals surface area contributed by atoms with Crippen LogP contribution in [0.2, 0.25) is 0 Å². The number of hydrogen-bond acceptors (Lipinski definition) is 10. The summed E-state index contributed by atoms with van der Waals surface area (Å²) in [5.41, 5.74) is 6.48. The topological polar surface area (TPSA) is 129 Å². The highest BCUT2D eigenvalue weighted by Crippen LogP contribution is 2.31. The minimum atomic E-state index is -0.524. The van der Waals surface area contributed by atoms with Crippen LogP contribution in [0.5, 0.6) is 5.88 Å². The second-order valence-electron chi connectivity index (χ2n) is 9.28. The van der Waals surface area contributed by atoms with E-state index in [1.807, 2.05) is 20.8 Å². The van der Waals surface area contributed by atoms with Crippen molar-refractivity contribution < 1.29 is 19.0 Å². The molecule has 33 heavy (non-hydrogen) atoms. The number of nitrogens with zero attached hydrogens (tertiary/aromatic N) is 6. The lowest BCUT2D eigenvalue weighted by molar-refractivity contribution is -0.00964. The molecule has 0 radical (unpaired) electrons. The van der Waals surface area contributed by atoms with Crippen molar-refractivity contribution in [2.45, 2.75) is 51.4 Å². The monoisotopic (exact) mass is 457 g/mol. The number of hydrogen-bond donors (Lipinski definition) is 1. The normalized spacial score (nSPS) is 20.7. The number of ether oxygens (including phenoxy) is 3. The third-order valence-corrected chi connectivity index (χ3v) is 5.54. The maximum Gasteiger partial charge on any atom is 0.410 e. The molecule has 3 heterocycles. The van der Waals surface area contributed by atoms with Gasteiger partial charge in [0.25, 0.3) is 0 Å². The number of carbonyl (C=O) groups excluding carboxylic acids is 1. The molecule has 1 aliphatic heterocycles. The third kappa shape index (κ3) is 5.78. The lowest BCUT2D eigenvalue weighted by atomic mass is 9.88. The Morgan fingerprint density at radius 3 is 2.48 bits per heavy atom. The van der Waals surface area contributed by atoms with Gasteiger partial charge in [0, 0.05) is 63.0 Å². The fourth-order valence-corrected chi connectivity index (χ4v) is 3.60. The quantitative estimate of drug-likeness (QED) is 0.713. The van der Waals surface area contributed by atoms with E-state index in [1.165, 1.54) is 0 Å². The summed E-state index contributed by atoms with van der Waals surface area (Å²) in [6.45, 7) is 8.22. The highest BCUT2D eigenvalue weighted by atomic mass is 16.6. The molecule has 0 atom stereocenters. The molecular formula is C22H31N7O4. The largest absolute Gasteiger partial charge is 0.474 e. The molecule has 1 saturated heterocycles. The molecule has 11 nitrogen and oxygen atoms in total. The summed E-state index contributed by atoms with van der Waals surface area (Å²) in [4.78, 5) is 33.5. The molecule has 2 aliphatic rings. The summed E-state index contributed by atoms with van der Waals surface area (Å²) >= 11 is 0. The predicted octanol–water partition coefficient (Wildman–Crippen LogP) is 2.13. The van der Waals surface area contributed by atoms with Crippen LogP contribution in [0.4, 0.5) is 16.7 Å². The Labute approximate surface area is 193 Å². The van der Waals surface area contributed by atoms with E-state index in [2.05, 4.69) is 19.9 Å². The molecule has 1 amide bonds. The number of amides is 1. The van der Waals surface area contributed by atoms with E-state index in [1.54, 1.807) is 30.4 Å². The van der Waals surface area contributed by atoms with Crippen molar-refractivity contribution >= 4 is 18.0 Å². The Balaban J connectivity index is 1.46. The van der Waals surface area contributed by atoms with Crippen molar-refractivity contribution in [2.75, 3.05) is 44.0 Å². The lowest BCUT2D eigenvalue weighted by Gasteiger charge is -2.40. The molecule has 1 aliphatic carbocycles. The summed E-state index contributed by atoms with van der Waals surface area (Å²) in [7, 11) is 1.76. The Bertz CT molecular complexity index is 968. The van der Waals surface area contributed by atoms with E-state index in [-0.39, 0.29) is 24.2 Å². The van der Waals surface area contributed by atoms with Crippen LogP contribution >= 0.6 is 0 Å². The number of aromatic nitrogens is 4. The average molecular weight is 458 g/mol. The van der Waals surface area contributed by atoms with Crippen LogP contribution < -0.4 is 15.4 Å². The van der Waals surface area contributed by atoms with Gasteiger partial charge in [0.2, 0.25) is 17.8 Å². The van der Waals surface area contributed by atoms with E-state index in [4.69, 9.17) is 24.9 Å². The summed E-state index contributed by atoms with van der Waals surface area (Å²) in [5.74, 6) is 1.25. The van der Waals surface area contributed by atoms with Gasteiger partial charge in [-0.2, -0.15) is 4.98 Å². The third-order valence-electron chi connectivity index (χ3n) is 5.54. The van der Waals surface area contributed by atoms with Crippen LogP contribution in [0.15, 0.2) is 18.5 Å². The Morgan fingerprint density at radius 2 is 1.85 bits per heavy atom. The minimum absolute atomic E-state index is 0.0529. The van der Waals surface area contributed by atoms with E-state index in [0.717, 1.165) is 5.56 Å². The molecule has 178 valence electrons. The van der Waals surface area contributed by atoms with Gasteiger partial charge in [-0.15, -0.1) is 0 Å². The molecule has 1 saturated carbocycles. The fraction of sp³-hybridized carbons (Fsp3) is 0.591. The van der Waals surface area contributed by atoms with Crippen LogP contribution in [0.1, 0.15) is 33.6 Å². The number of carbonyl (C=O) groups is 1. The van der Waals surface area contributed by atoms with E-state index in [9.17, 15) is 4.79 Å². The van der Waals surface area contributed by atoms with Gasteiger partial charge in [-0.3, -0.25) is 0 Å². The molecular weight excluding hydrogens is 426 g/mol. The molecule has 0 spiro atoms. The van der Waals surface area contributed by atoms with Crippen molar-refractivity contribution in [2.24, 2.45) is 0 Å². The summed E-state index contributed by atoms with van der Waals surface area (Å²) in [6, 6.07) is 1.85. The van der Waals surface area contributed by atoms with Crippen LogP contribution in [0, 0.1) is 0 Å². The molecule has 2 fully saturated rings. The lowest BCUT2D eigenvalue weighted by Crippen LogP contribution is -2.51. The molecule has 4 rings (SSSR count). The van der Waals surface area contributed by atoms with Gasteiger partial charge in [-0.1, -0.05) is 0 Å². The Kier molecular flexibility index (Phi) is 6.50. The zero-order valence-electron chi connectivity index (χ0n) is 19.5. The average Bonchev–Trinajstić information content (AvgIpc) is 2.75. The number of nitrogen functional groups attached to an aromatic ring is 1. The van der Waals surface area contributed by atoms with Gasteiger partial charge < -0.3 is 29.7 Å². The van der Waals surface area contributed by atoms with E-state index in [0.29, 0.717) is 56.7 Å². The van der Waals surface area contributed by atoms with Crippen molar-refractivity contribution in [1.29, 1.82) is 0 Å². The molecule has 0 aromatic carbocycles. The van der Waals surface area contributed by atoms with Crippen LogP contribution in [0.25, 0.3) is 11.3 Å². The summed E-state index contributed by atoms with van der Waals surface area (Å²) in [5, 5.41) is 0. The van der Waals surface area contributed by atoms with Crippen LogP contribution in [-0.2, 0) is 9.47 Å². The molecule has 0 bridgehead atoms. The SMILES string of the molecule is CN(C(=O)OC(C)(C)C)C1CC(Oc2cc(-c3cnc(N)nc3)nc(N3CCOCC3)n2)C1. The van der Waals surface area contributed by atoms with Crippen molar-refractivity contribution in [1.82, 2.24) is 24.8 Å². The molecule has 2 N–H and O–H groups in total. The van der Waals surface area contributed by atoms with E-state index < -0.39 is 5.60 Å². The maximum atomic E-state index is 12.3. The molecule has 0 unspecified atom stereocenters. The van der Waals surface area contributed by atoms with Crippen molar-refractivity contribution in [3.05, 3.63) is 18.5 Å². The standard InChI is InChI=1S/C22H31N7O4/c1-22(2,3)33-21(30)28(4)15-9-16(10-15)32-18-11-17(14-12-24-19(23)25-13-14)26-20(27-18)29-5-7-31-8-6-29/h11-13,15-16H,5-10H2,1-4H3,(H2,23,24,25). The van der Waals surface area contributed by atoms with Gasteiger partial charge in [-0.25, -0.2) is 19.7 Å². The second kappa shape index (κ2) is 9.34. The fourth-order valence-electron chi connectivity index (χ4n) is 3.60. The number of nitrogens with two attached hydrogens (primary N) is 1. The number of rotatable bonds is 5. The summed E-state index contributed by atoms with van der Waals surface area (Å²) in [6.07, 6.45) is 4.29. The Hall–Kier alpha value is -3.21. The second-order valence-corrected chi connectivity index (χ2v) is 9.28. The molecule has 2 aromatic rings. The van der Waals surface area contributed by atoms with Gasteiger partial charge in [0.1, 0.15) is 11.7 Å². The number of morpholine rings is 1. The van der Waals surface area contributed by atoms with E-state index >= 15 is 0 Å². The first-order valence-corrected chi connectivity index (χ1v) is 11.1. The highest BCUT2D eigenvalue weighted by molar-refractivity contribution is 5.68. The smallest absolute Gasteiger partial charge is 0.410 e. The maximum absolute atomic E-state index is 12.3.